The number of rotatable bonds is 10. The predicted molar refractivity (Wildman–Crippen MR) is 165 cm³/mol. The highest BCUT2D eigenvalue weighted by molar-refractivity contribution is 7.09. The van der Waals surface area contributed by atoms with E-state index in [4.69, 9.17) is 0 Å². The van der Waals surface area contributed by atoms with Crippen molar-refractivity contribution >= 4 is 29.2 Å². The van der Waals surface area contributed by atoms with E-state index in [1.807, 2.05) is 58.8 Å². The second kappa shape index (κ2) is 14.5. The molecule has 228 valence electrons. The Balaban J connectivity index is 1.37. The van der Waals surface area contributed by atoms with Crippen LogP contribution < -0.4 is 0 Å². The molecule has 2 heterocycles. The highest BCUT2D eigenvalue weighted by atomic mass is 32.1. The van der Waals surface area contributed by atoms with Crippen molar-refractivity contribution in [2.24, 2.45) is 0 Å². The van der Waals surface area contributed by atoms with Gasteiger partial charge in [0.25, 0.3) is 0 Å². The van der Waals surface area contributed by atoms with Crippen LogP contribution in [0, 0.1) is 0 Å². The average Bonchev–Trinajstić information content (AvgIpc) is 3.56. The standard InChI is InChI=1S/C34H33F3N4O2S/c35-34(36,37)29-14-11-26(12-15-29)13-16-32(42)41(25-31-38-17-22-44-31)30(23-27-7-3-1-4-8-27)33(43)40-20-18-39(19-21-40)24-28-9-5-2-6-10-28/h1-17,22,30H,18-21,23-25H2/t30-/m0/s1. The van der Waals surface area contributed by atoms with Gasteiger partial charge in [0.05, 0.1) is 12.1 Å². The number of halogens is 3. The number of aromatic nitrogens is 1. The average molecular weight is 619 g/mol. The molecule has 5 rings (SSSR count). The van der Waals surface area contributed by atoms with Crippen molar-refractivity contribution < 1.29 is 22.8 Å². The van der Waals surface area contributed by atoms with E-state index in [9.17, 15) is 22.8 Å². The Morgan fingerprint density at radius 2 is 1.52 bits per heavy atom. The van der Waals surface area contributed by atoms with E-state index in [0.29, 0.717) is 43.2 Å². The summed E-state index contributed by atoms with van der Waals surface area (Å²) in [6, 6.07) is 23.6. The van der Waals surface area contributed by atoms with Crippen molar-refractivity contribution in [3.63, 3.8) is 0 Å². The third kappa shape index (κ3) is 8.42. The Kier molecular flexibility index (Phi) is 10.2. The summed E-state index contributed by atoms with van der Waals surface area (Å²) in [4.78, 5) is 38.1. The van der Waals surface area contributed by atoms with Crippen molar-refractivity contribution in [3.05, 3.63) is 130 Å². The highest BCUT2D eigenvalue weighted by Crippen LogP contribution is 2.29. The Hall–Kier alpha value is -4.28. The minimum Gasteiger partial charge on any atom is -0.338 e. The Morgan fingerprint density at radius 1 is 0.886 bits per heavy atom. The molecule has 3 aromatic carbocycles. The van der Waals surface area contributed by atoms with E-state index in [-0.39, 0.29) is 12.5 Å². The van der Waals surface area contributed by atoms with E-state index in [2.05, 4.69) is 22.0 Å². The minimum absolute atomic E-state index is 0.130. The first-order valence-corrected chi connectivity index (χ1v) is 15.3. The molecule has 1 atom stereocenters. The zero-order chi connectivity index (χ0) is 30.9. The number of hydrogen-bond acceptors (Lipinski definition) is 5. The number of carbonyl (C=O) groups excluding carboxylic acids is 2. The van der Waals surface area contributed by atoms with Crippen LogP contribution in [-0.4, -0.2) is 63.7 Å². The van der Waals surface area contributed by atoms with Gasteiger partial charge in [0.1, 0.15) is 11.0 Å². The molecule has 1 aliphatic rings. The van der Waals surface area contributed by atoms with Gasteiger partial charge in [0, 0.05) is 56.8 Å². The zero-order valence-corrected chi connectivity index (χ0v) is 24.9. The molecule has 10 heteroatoms. The first-order chi connectivity index (χ1) is 21.3. The summed E-state index contributed by atoms with van der Waals surface area (Å²) in [5.41, 5.74) is 1.82. The van der Waals surface area contributed by atoms with Crippen molar-refractivity contribution in [2.45, 2.75) is 31.7 Å². The van der Waals surface area contributed by atoms with Crippen molar-refractivity contribution in [2.75, 3.05) is 26.2 Å². The summed E-state index contributed by atoms with van der Waals surface area (Å²) >= 11 is 1.39. The van der Waals surface area contributed by atoms with Gasteiger partial charge in [-0.15, -0.1) is 11.3 Å². The second-order valence-electron chi connectivity index (χ2n) is 10.6. The summed E-state index contributed by atoms with van der Waals surface area (Å²) in [7, 11) is 0. The normalized spacial score (nSPS) is 14.9. The van der Waals surface area contributed by atoms with Crippen molar-refractivity contribution in [1.29, 1.82) is 0 Å². The molecule has 1 fully saturated rings. The number of piperazine rings is 1. The van der Waals surface area contributed by atoms with Gasteiger partial charge in [-0.2, -0.15) is 13.2 Å². The first kappa shape index (κ1) is 31.2. The Bertz CT molecular complexity index is 1520. The molecule has 0 unspecified atom stereocenters. The van der Waals surface area contributed by atoms with Gasteiger partial charge >= 0.3 is 6.18 Å². The zero-order valence-electron chi connectivity index (χ0n) is 24.1. The van der Waals surface area contributed by atoms with Crippen LogP contribution in [0.25, 0.3) is 6.08 Å². The smallest absolute Gasteiger partial charge is 0.338 e. The number of benzene rings is 3. The van der Waals surface area contributed by atoms with Crippen LogP contribution in [-0.2, 0) is 35.3 Å². The Morgan fingerprint density at radius 3 is 2.11 bits per heavy atom. The lowest BCUT2D eigenvalue weighted by Gasteiger charge is -2.39. The van der Waals surface area contributed by atoms with Crippen molar-refractivity contribution in [1.82, 2.24) is 19.7 Å². The van der Waals surface area contributed by atoms with Crippen LogP contribution in [0.1, 0.15) is 27.3 Å². The van der Waals surface area contributed by atoms with Gasteiger partial charge < -0.3 is 9.80 Å². The van der Waals surface area contributed by atoms with Crippen LogP contribution in [0.3, 0.4) is 0 Å². The number of alkyl halides is 3. The molecule has 0 bridgehead atoms. The predicted octanol–water partition coefficient (Wildman–Crippen LogP) is 6.16. The minimum atomic E-state index is -4.44. The van der Waals surface area contributed by atoms with Gasteiger partial charge in [-0.05, 0) is 34.9 Å². The molecular weight excluding hydrogens is 585 g/mol. The van der Waals surface area contributed by atoms with Crippen LogP contribution in [0.5, 0.6) is 0 Å². The van der Waals surface area contributed by atoms with Gasteiger partial charge in [-0.1, -0.05) is 72.8 Å². The van der Waals surface area contributed by atoms with Gasteiger partial charge in [-0.25, -0.2) is 4.98 Å². The van der Waals surface area contributed by atoms with Crippen LogP contribution in [0.15, 0.2) is 103 Å². The summed E-state index contributed by atoms with van der Waals surface area (Å²) in [6.45, 7) is 3.44. The summed E-state index contributed by atoms with van der Waals surface area (Å²) in [6.07, 6.45) is 0.319. The fourth-order valence-electron chi connectivity index (χ4n) is 5.21. The largest absolute Gasteiger partial charge is 0.416 e. The van der Waals surface area contributed by atoms with Crippen LogP contribution >= 0.6 is 11.3 Å². The molecule has 1 aliphatic heterocycles. The summed E-state index contributed by atoms with van der Waals surface area (Å²) in [5.74, 6) is -0.557. The number of nitrogens with zero attached hydrogens (tertiary/aromatic N) is 4. The topological polar surface area (TPSA) is 56.8 Å². The van der Waals surface area contributed by atoms with E-state index < -0.39 is 23.7 Å². The number of thiazole rings is 1. The monoisotopic (exact) mass is 618 g/mol. The molecule has 2 amide bonds. The lowest BCUT2D eigenvalue weighted by atomic mass is 10.0. The molecule has 0 aliphatic carbocycles. The lowest BCUT2D eigenvalue weighted by Crippen LogP contribution is -2.56. The number of carbonyl (C=O) groups is 2. The van der Waals surface area contributed by atoms with Gasteiger partial charge in [-0.3, -0.25) is 14.5 Å². The molecular formula is C34H33F3N4O2S. The maximum Gasteiger partial charge on any atom is 0.416 e. The lowest BCUT2D eigenvalue weighted by molar-refractivity contribution is -0.145. The fraction of sp³-hybridized carbons (Fsp3) is 0.265. The highest BCUT2D eigenvalue weighted by Gasteiger charge is 2.34. The van der Waals surface area contributed by atoms with Crippen LogP contribution in [0.2, 0.25) is 0 Å². The van der Waals surface area contributed by atoms with Gasteiger partial charge in [0.2, 0.25) is 11.8 Å². The third-order valence-electron chi connectivity index (χ3n) is 7.59. The third-order valence-corrected chi connectivity index (χ3v) is 8.36. The van der Waals surface area contributed by atoms with Crippen LogP contribution in [0.4, 0.5) is 13.2 Å². The number of hydrogen-bond donors (Lipinski definition) is 0. The molecule has 6 nitrogen and oxygen atoms in total. The summed E-state index contributed by atoms with van der Waals surface area (Å²) < 4.78 is 39.0. The molecule has 1 aromatic heterocycles. The first-order valence-electron chi connectivity index (χ1n) is 14.4. The summed E-state index contributed by atoms with van der Waals surface area (Å²) in [5, 5.41) is 2.50. The second-order valence-corrected chi connectivity index (χ2v) is 11.6. The maximum atomic E-state index is 14.2. The van der Waals surface area contributed by atoms with E-state index >= 15 is 0 Å². The molecule has 4 aromatic rings. The molecule has 44 heavy (non-hydrogen) atoms. The van der Waals surface area contributed by atoms with Gasteiger partial charge in [0.15, 0.2) is 0 Å². The van der Waals surface area contributed by atoms with E-state index in [1.165, 1.54) is 46.1 Å². The van der Waals surface area contributed by atoms with E-state index in [1.54, 1.807) is 6.20 Å². The quantitative estimate of drug-likeness (QED) is 0.200. The molecule has 0 N–H and O–H groups in total. The Labute approximate surface area is 259 Å². The van der Waals surface area contributed by atoms with Crippen molar-refractivity contribution in [3.8, 4) is 0 Å². The SMILES string of the molecule is O=C([C@H](Cc1ccccc1)N(Cc1nccs1)C(=O)C=Cc1ccc(C(F)(F)F)cc1)N1CCN(Cc2ccccc2)CC1. The number of amides is 2. The molecule has 0 radical (unpaired) electrons. The van der Waals surface area contributed by atoms with E-state index in [0.717, 1.165) is 24.2 Å². The molecule has 0 spiro atoms. The molecule has 0 saturated carbocycles. The maximum absolute atomic E-state index is 14.2. The fourth-order valence-corrected chi connectivity index (χ4v) is 5.83. The molecule has 1 saturated heterocycles.